The maximum Gasteiger partial charge on any atom is 0.147 e. The van der Waals surface area contributed by atoms with Gasteiger partial charge in [-0.1, -0.05) is 29.8 Å². The average molecular weight is 286 g/mol. The summed E-state index contributed by atoms with van der Waals surface area (Å²) in [7, 11) is 0. The van der Waals surface area contributed by atoms with E-state index in [4.69, 9.17) is 0 Å². The van der Waals surface area contributed by atoms with Gasteiger partial charge in [0.05, 0.1) is 5.69 Å². The van der Waals surface area contributed by atoms with Crippen LogP contribution in [0.4, 0.5) is 10.1 Å². The Kier molecular flexibility index (Phi) is 3.53. The molecule has 1 nitrogen and oxygen atoms in total. The van der Waals surface area contributed by atoms with E-state index in [0.717, 1.165) is 29.2 Å². The van der Waals surface area contributed by atoms with E-state index in [0.29, 0.717) is 11.7 Å². The van der Waals surface area contributed by atoms with Gasteiger partial charge < -0.3 is 5.32 Å². The van der Waals surface area contributed by atoms with E-state index in [1.165, 1.54) is 6.07 Å². The van der Waals surface area contributed by atoms with Crippen LogP contribution in [0, 0.1) is 17.7 Å². The third-order valence-corrected chi connectivity index (χ3v) is 3.90. The Labute approximate surface area is 105 Å². The van der Waals surface area contributed by atoms with E-state index >= 15 is 0 Å². The molecule has 0 spiro atoms. The summed E-state index contributed by atoms with van der Waals surface area (Å²) in [6.07, 6.45) is 2.32. The Morgan fingerprint density at radius 1 is 1.38 bits per heavy atom. The van der Waals surface area contributed by atoms with Crippen LogP contribution in [-0.4, -0.2) is 6.04 Å². The second kappa shape index (κ2) is 4.74. The minimum atomic E-state index is -0.178. The number of hydrogen-bond donors (Lipinski definition) is 1. The highest BCUT2D eigenvalue weighted by Gasteiger charge is 2.31. The summed E-state index contributed by atoms with van der Waals surface area (Å²) in [4.78, 5) is 0. The highest BCUT2D eigenvalue weighted by Crippen LogP contribution is 2.36. The van der Waals surface area contributed by atoms with Crippen molar-refractivity contribution in [2.45, 2.75) is 32.7 Å². The van der Waals surface area contributed by atoms with Crippen LogP contribution >= 0.6 is 15.9 Å². The molecular formula is C13H17BrFN. The lowest BCUT2D eigenvalue weighted by Crippen LogP contribution is -2.38. The van der Waals surface area contributed by atoms with Gasteiger partial charge in [-0.25, -0.2) is 4.39 Å². The second-order valence-electron chi connectivity index (χ2n) is 4.94. The third kappa shape index (κ3) is 2.57. The predicted molar refractivity (Wildman–Crippen MR) is 69.1 cm³/mol. The molecule has 1 aliphatic rings. The lowest BCUT2D eigenvalue weighted by Gasteiger charge is -2.39. The molecule has 0 aromatic heterocycles. The van der Waals surface area contributed by atoms with Crippen molar-refractivity contribution in [3.8, 4) is 0 Å². The molecule has 0 heterocycles. The number of hydrogen-bond acceptors (Lipinski definition) is 1. The molecule has 0 aliphatic heterocycles. The van der Waals surface area contributed by atoms with Crippen molar-refractivity contribution in [3.63, 3.8) is 0 Å². The fourth-order valence-corrected chi connectivity index (χ4v) is 2.48. The zero-order valence-electron chi connectivity index (χ0n) is 9.63. The summed E-state index contributed by atoms with van der Waals surface area (Å²) < 4.78 is 14.3. The molecule has 2 rings (SSSR count). The first-order valence-electron chi connectivity index (χ1n) is 5.78. The summed E-state index contributed by atoms with van der Waals surface area (Å²) in [5.41, 5.74) is 0.621. The Morgan fingerprint density at radius 3 is 2.62 bits per heavy atom. The van der Waals surface area contributed by atoms with Gasteiger partial charge in [-0.15, -0.1) is 0 Å². The highest BCUT2D eigenvalue weighted by atomic mass is 79.9. The van der Waals surface area contributed by atoms with E-state index in [1.54, 1.807) is 6.07 Å². The fraction of sp³-hybridized carbons (Fsp3) is 0.538. The lowest BCUT2D eigenvalue weighted by molar-refractivity contribution is 0.211. The van der Waals surface area contributed by atoms with Crippen molar-refractivity contribution in [3.05, 3.63) is 28.5 Å². The normalized spacial score (nSPS) is 24.3. The molecule has 88 valence electrons. The largest absolute Gasteiger partial charge is 0.380 e. The van der Waals surface area contributed by atoms with Gasteiger partial charge >= 0.3 is 0 Å². The zero-order valence-corrected chi connectivity index (χ0v) is 11.2. The first kappa shape index (κ1) is 11.9. The van der Waals surface area contributed by atoms with Gasteiger partial charge in [-0.2, -0.15) is 0 Å². The summed E-state index contributed by atoms with van der Waals surface area (Å²) in [6, 6.07) is 5.61. The summed E-state index contributed by atoms with van der Waals surface area (Å²) in [6.45, 7) is 4.50. The van der Waals surface area contributed by atoms with Gasteiger partial charge in [0.25, 0.3) is 0 Å². The molecule has 0 bridgehead atoms. The lowest BCUT2D eigenvalue weighted by atomic mass is 9.73. The number of rotatable bonds is 3. The third-order valence-electron chi connectivity index (χ3n) is 3.41. The Morgan fingerprint density at radius 2 is 2.06 bits per heavy atom. The molecule has 1 aromatic carbocycles. The number of halogens is 2. The number of anilines is 1. The van der Waals surface area contributed by atoms with Crippen molar-refractivity contribution in [2.24, 2.45) is 11.8 Å². The average Bonchev–Trinajstić information content (AvgIpc) is 2.12. The summed E-state index contributed by atoms with van der Waals surface area (Å²) >= 11 is 3.25. The molecule has 16 heavy (non-hydrogen) atoms. The van der Waals surface area contributed by atoms with Crippen LogP contribution in [0.2, 0.25) is 0 Å². The molecule has 1 aliphatic carbocycles. The number of nitrogens with one attached hydrogen (secondary N) is 1. The molecular weight excluding hydrogens is 269 g/mol. The first-order valence-corrected chi connectivity index (χ1v) is 6.57. The zero-order chi connectivity index (χ0) is 11.7. The standard InChI is InChI=1S/C13H17BrFN/c1-8(2)9-5-11(6-9)16-13-4-3-10(14)7-12(13)15/h3-4,7-9,11,16H,5-6H2,1-2H3. The monoisotopic (exact) mass is 285 g/mol. The van der Waals surface area contributed by atoms with Crippen molar-refractivity contribution in [1.29, 1.82) is 0 Å². The Hall–Kier alpha value is -0.570. The molecule has 1 fully saturated rings. The van der Waals surface area contributed by atoms with Crippen molar-refractivity contribution in [2.75, 3.05) is 5.32 Å². The molecule has 0 unspecified atom stereocenters. The van der Waals surface area contributed by atoms with Crippen molar-refractivity contribution in [1.82, 2.24) is 0 Å². The van der Waals surface area contributed by atoms with Crippen LogP contribution in [-0.2, 0) is 0 Å². The van der Waals surface area contributed by atoms with E-state index in [1.807, 2.05) is 6.07 Å². The summed E-state index contributed by atoms with van der Waals surface area (Å²) in [5, 5.41) is 3.26. The van der Waals surface area contributed by atoms with E-state index < -0.39 is 0 Å². The molecule has 0 amide bonds. The van der Waals surface area contributed by atoms with Gasteiger partial charge in [0, 0.05) is 10.5 Å². The second-order valence-corrected chi connectivity index (χ2v) is 5.86. The summed E-state index contributed by atoms with van der Waals surface area (Å²) in [5.74, 6) is 1.37. The quantitative estimate of drug-likeness (QED) is 0.866. The van der Waals surface area contributed by atoms with Gasteiger partial charge in [0.1, 0.15) is 5.82 Å². The van der Waals surface area contributed by atoms with Gasteiger partial charge in [-0.05, 0) is 42.9 Å². The minimum absolute atomic E-state index is 0.178. The minimum Gasteiger partial charge on any atom is -0.380 e. The first-order chi connectivity index (χ1) is 7.56. The maximum atomic E-state index is 13.5. The van der Waals surface area contributed by atoms with Crippen LogP contribution in [0.5, 0.6) is 0 Å². The van der Waals surface area contributed by atoms with Crippen LogP contribution in [0.15, 0.2) is 22.7 Å². The molecule has 1 saturated carbocycles. The van der Waals surface area contributed by atoms with Crippen molar-refractivity contribution >= 4 is 21.6 Å². The molecule has 0 radical (unpaired) electrons. The molecule has 0 atom stereocenters. The van der Waals surface area contributed by atoms with Gasteiger partial charge in [-0.3, -0.25) is 0 Å². The van der Waals surface area contributed by atoms with Gasteiger partial charge in [0.2, 0.25) is 0 Å². The maximum absolute atomic E-state index is 13.5. The van der Waals surface area contributed by atoms with Crippen molar-refractivity contribution < 1.29 is 4.39 Å². The number of benzene rings is 1. The van der Waals surface area contributed by atoms with Crippen LogP contribution < -0.4 is 5.32 Å². The Bertz CT molecular complexity index is 372. The Balaban J connectivity index is 1.91. The van der Waals surface area contributed by atoms with E-state index in [2.05, 4.69) is 35.1 Å². The molecule has 0 saturated heterocycles. The molecule has 3 heteroatoms. The van der Waals surface area contributed by atoms with Gasteiger partial charge in [0.15, 0.2) is 0 Å². The smallest absolute Gasteiger partial charge is 0.147 e. The van der Waals surface area contributed by atoms with Crippen LogP contribution in [0.1, 0.15) is 26.7 Å². The fourth-order valence-electron chi connectivity index (χ4n) is 2.15. The van der Waals surface area contributed by atoms with Crippen LogP contribution in [0.3, 0.4) is 0 Å². The SMILES string of the molecule is CC(C)C1CC(Nc2ccc(Br)cc2F)C1. The van der Waals surface area contributed by atoms with Crippen LogP contribution in [0.25, 0.3) is 0 Å². The highest BCUT2D eigenvalue weighted by molar-refractivity contribution is 9.10. The van der Waals surface area contributed by atoms with E-state index in [9.17, 15) is 4.39 Å². The molecule has 1 aromatic rings. The topological polar surface area (TPSA) is 12.0 Å². The molecule has 1 N–H and O–H groups in total. The predicted octanol–water partition coefficient (Wildman–Crippen LogP) is 4.43. The van der Waals surface area contributed by atoms with E-state index in [-0.39, 0.29) is 5.82 Å².